The Morgan fingerprint density at radius 1 is 1.05 bits per heavy atom. The van der Waals surface area contributed by atoms with Gasteiger partial charge in [-0.25, -0.2) is 4.52 Å². The number of benzene rings is 1. The van der Waals surface area contributed by atoms with Gasteiger partial charge in [0.05, 0.1) is 24.0 Å². The van der Waals surface area contributed by atoms with E-state index in [9.17, 15) is 0 Å². The maximum absolute atomic E-state index is 5.29. The summed E-state index contributed by atoms with van der Waals surface area (Å²) < 4.78 is 8.38. The lowest BCUT2D eigenvalue weighted by atomic mass is 10.0. The lowest BCUT2D eigenvalue weighted by Gasteiger charge is -2.10. The van der Waals surface area contributed by atoms with Gasteiger partial charge in [-0.3, -0.25) is 0 Å². The first-order valence-electron chi connectivity index (χ1n) is 6.81. The fourth-order valence-corrected chi connectivity index (χ4v) is 3.31. The SMILES string of the molecule is COc1ccc(-c2c(C)cc3c(Br)cc(C)nn23)c(C)c1. The quantitative estimate of drug-likeness (QED) is 0.673. The average molecular weight is 345 g/mol. The molecule has 3 aromatic rings. The lowest BCUT2D eigenvalue weighted by Crippen LogP contribution is -1.99. The zero-order valence-corrected chi connectivity index (χ0v) is 14.2. The van der Waals surface area contributed by atoms with E-state index < -0.39 is 0 Å². The molecule has 0 saturated heterocycles. The summed E-state index contributed by atoms with van der Waals surface area (Å²) in [5.41, 5.74) is 6.77. The van der Waals surface area contributed by atoms with Gasteiger partial charge in [0.15, 0.2) is 0 Å². The zero-order valence-electron chi connectivity index (χ0n) is 12.6. The second kappa shape index (κ2) is 5.19. The number of fused-ring (bicyclic) bond motifs is 1. The number of aromatic nitrogens is 2. The molecule has 4 heteroatoms. The van der Waals surface area contributed by atoms with E-state index in [-0.39, 0.29) is 0 Å². The van der Waals surface area contributed by atoms with Gasteiger partial charge in [0.1, 0.15) is 5.75 Å². The lowest BCUT2D eigenvalue weighted by molar-refractivity contribution is 0.414. The van der Waals surface area contributed by atoms with Gasteiger partial charge in [0.2, 0.25) is 0 Å². The van der Waals surface area contributed by atoms with E-state index in [2.05, 4.69) is 53.1 Å². The molecule has 0 aliphatic carbocycles. The Labute approximate surface area is 132 Å². The maximum Gasteiger partial charge on any atom is 0.119 e. The van der Waals surface area contributed by atoms with E-state index in [0.29, 0.717) is 0 Å². The number of rotatable bonds is 2. The van der Waals surface area contributed by atoms with Crippen LogP contribution in [0.15, 0.2) is 34.8 Å². The Hall–Kier alpha value is -1.81. The minimum Gasteiger partial charge on any atom is -0.497 e. The molecule has 0 aliphatic rings. The predicted octanol–water partition coefficient (Wildman–Crippen LogP) is 4.70. The third-order valence-electron chi connectivity index (χ3n) is 3.69. The monoisotopic (exact) mass is 344 g/mol. The highest BCUT2D eigenvalue weighted by molar-refractivity contribution is 9.10. The maximum atomic E-state index is 5.29. The molecule has 0 spiro atoms. The Morgan fingerprint density at radius 3 is 2.48 bits per heavy atom. The van der Waals surface area contributed by atoms with E-state index in [4.69, 9.17) is 4.74 Å². The second-order valence-corrected chi connectivity index (χ2v) is 6.14. The normalized spacial score (nSPS) is 11.1. The molecule has 0 unspecified atom stereocenters. The molecule has 0 fully saturated rings. The van der Waals surface area contributed by atoms with E-state index in [1.54, 1.807) is 7.11 Å². The minimum atomic E-state index is 0.875. The van der Waals surface area contributed by atoms with Crippen molar-refractivity contribution in [2.45, 2.75) is 20.8 Å². The molecule has 0 amide bonds. The van der Waals surface area contributed by atoms with E-state index >= 15 is 0 Å². The van der Waals surface area contributed by atoms with Crippen molar-refractivity contribution in [1.82, 2.24) is 9.61 Å². The number of hydrogen-bond acceptors (Lipinski definition) is 2. The van der Waals surface area contributed by atoms with Crippen molar-refractivity contribution >= 4 is 21.4 Å². The molecule has 108 valence electrons. The first-order valence-corrected chi connectivity index (χ1v) is 7.61. The van der Waals surface area contributed by atoms with Crippen molar-refractivity contribution in [3.8, 4) is 17.0 Å². The van der Waals surface area contributed by atoms with Gasteiger partial charge in [-0.15, -0.1) is 0 Å². The summed E-state index contributed by atoms with van der Waals surface area (Å²) in [6, 6.07) is 10.3. The highest BCUT2D eigenvalue weighted by Crippen LogP contribution is 2.33. The van der Waals surface area contributed by atoms with Gasteiger partial charge in [0, 0.05) is 10.0 Å². The molecule has 1 aromatic carbocycles. The number of aryl methyl sites for hydroxylation is 3. The fraction of sp³-hybridized carbons (Fsp3) is 0.235. The minimum absolute atomic E-state index is 0.875. The van der Waals surface area contributed by atoms with Crippen molar-refractivity contribution in [2.75, 3.05) is 7.11 Å². The van der Waals surface area contributed by atoms with Gasteiger partial charge >= 0.3 is 0 Å². The van der Waals surface area contributed by atoms with Crippen LogP contribution in [0.2, 0.25) is 0 Å². The summed E-state index contributed by atoms with van der Waals surface area (Å²) in [6.07, 6.45) is 0. The number of nitrogens with zero attached hydrogens (tertiary/aromatic N) is 2. The number of halogens is 1. The summed E-state index contributed by atoms with van der Waals surface area (Å²) >= 11 is 3.63. The van der Waals surface area contributed by atoms with Crippen LogP contribution in [0.3, 0.4) is 0 Å². The fourth-order valence-electron chi connectivity index (χ4n) is 2.70. The number of ether oxygens (including phenoxy) is 1. The molecule has 0 atom stereocenters. The van der Waals surface area contributed by atoms with Crippen LogP contribution in [0.1, 0.15) is 16.8 Å². The van der Waals surface area contributed by atoms with Gasteiger partial charge in [-0.2, -0.15) is 5.10 Å². The second-order valence-electron chi connectivity index (χ2n) is 5.29. The molecule has 3 nitrogen and oxygen atoms in total. The van der Waals surface area contributed by atoms with Crippen molar-refractivity contribution in [2.24, 2.45) is 0 Å². The molecule has 21 heavy (non-hydrogen) atoms. The van der Waals surface area contributed by atoms with Crippen molar-refractivity contribution in [3.63, 3.8) is 0 Å². The van der Waals surface area contributed by atoms with Gasteiger partial charge in [0.25, 0.3) is 0 Å². The standard InChI is InChI=1S/C17H17BrN2O/c1-10-7-13(21-4)5-6-14(10)17-11(2)8-16-15(18)9-12(3)19-20(16)17/h5-9H,1-4H3. The van der Waals surface area contributed by atoms with Crippen LogP contribution in [0.5, 0.6) is 5.75 Å². The average Bonchev–Trinajstić information content (AvgIpc) is 2.75. The van der Waals surface area contributed by atoms with E-state index in [0.717, 1.165) is 27.1 Å². The van der Waals surface area contributed by atoms with Crippen LogP contribution < -0.4 is 4.74 Å². The Balaban J connectivity index is 2.32. The number of hydrogen-bond donors (Lipinski definition) is 0. The van der Waals surface area contributed by atoms with Crippen molar-refractivity contribution in [3.05, 3.63) is 51.6 Å². The van der Waals surface area contributed by atoms with Crippen molar-refractivity contribution < 1.29 is 4.74 Å². The molecule has 2 aromatic heterocycles. The van der Waals surface area contributed by atoms with E-state index in [1.807, 2.05) is 23.6 Å². The predicted molar refractivity (Wildman–Crippen MR) is 89.1 cm³/mol. The molecular formula is C17H17BrN2O. The van der Waals surface area contributed by atoms with Crippen molar-refractivity contribution in [1.29, 1.82) is 0 Å². The summed E-state index contributed by atoms with van der Waals surface area (Å²) in [4.78, 5) is 0. The van der Waals surface area contributed by atoms with Crippen LogP contribution in [0.25, 0.3) is 16.8 Å². The summed E-state index contributed by atoms with van der Waals surface area (Å²) in [6.45, 7) is 6.22. The van der Waals surface area contributed by atoms with Crippen LogP contribution >= 0.6 is 15.9 Å². The highest BCUT2D eigenvalue weighted by atomic mass is 79.9. The molecule has 0 saturated carbocycles. The van der Waals surface area contributed by atoms with Gasteiger partial charge in [-0.1, -0.05) is 0 Å². The first-order chi connectivity index (χ1) is 10.0. The molecule has 3 rings (SSSR count). The molecule has 0 radical (unpaired) electrons. The summed E-state index contributed by atoms with van der Waals surface area (Å²) in [7, 11) is 1.69. The Morgan fingerprint density at radius 2 is 1.81 bits per heavy atom. The highest BCUT2D eigenvalue weighted by Gasteiger charge is 2.15. The van der Waals surface area contributed by atoms with Crippen LogP contribution in [0, 0.1) is 20.8 Å². The van der Waals surface area contributed by atoms with E-state index in [1.165, 1.54) is 16.7 Å². The molecular weight excluding hydrogens is 328 g/mol. The van der Waals surface area contributed by atoms with Crippen LogP contribution in [-0.2, 0) is 0 Å². The van der Waals surface area contributed by atoms with Crippen LogP contribution in [0.4, 0.5) is 0 Å². The summed E-state index contributed by atoms with van der Waals surface area (Å²) in [5, 5.41) is 4.67. The van der Waals surface area contributed by atoms with Gasteiger partial charge < -0.3 is 4.74 Å². The Bertz CT molecular complexity index is 836. The molecule has 0 aliphatic heterocycles. The van der Waals surface area contributed by atoms with Gasteiger partial charge in [-0.05, 0) is 78.2 Å². The molecule has 2 heterocycles. The van der Waals surface area contributed by atoms with Crippen LogP contribution in [-0.4, -0.2) is 16.7 Å². The Kier molecular flexibility index (Phi) is 3.49. The third-order valence-corrected chi connectivity index (χ3v) is 4.33. The first kappa shape index (κ1) is 14.1. The zero-order chi connectivity index (χ0) is 15.1. The number of methoxy groups -OCH3 is 1. The largest absolute Gasteiger partial charge is 0.497 e. The topological polar surface area (TPSA) is 26.5 Å². The smallest absolute Gasteiger partial charge is 0.119 e. The molecule has 0 N–H and O–H groups in total. The third kappa shape index (κ3) is 2.33. The molecule has 0 bridgehead atoms. The summed E-state index contributed by atoms with van der Waals surface area (Å²) in [5.74, 6) is 0.875.